The molecule has 0 spiro atoms. The lowest BCUT2D eigenvalue weighted by molar-refractivity contribution is -0.147. The Kier molecular flexibility index (Phi) is 3.73. The second kappa shape index (κ2) is 4.94. The Balaban J connectivity index is 1.99. The molecular weight excluding hydrogens is 218 g/mol. The van der Waals surface area contributed by atoms with Crippen molar-refractivity contribution in [3.8, 4) is 0 Å². The Morgan fingerprint density at radius 2 is 2.29 bits per heavy atom. The lowest BCUT2D eigenvalue weighted by atomic mass is 9.81. The number of aliphatic hydroxyl groups is 1. The molecule has 2 atom stereocenters. The number of carbonyl (C=O) groups excluding carboxylic acids is 1. The average molecular weight is 241 g/mol. The van der Waals surface area contributed by atoms with Crippen LogP contribution in [0.3, 0.4) is 0 Å². The van der Waals surface area contributed by atoms with Gasteiger partial charge >= 0.3 is 0 Å². The Labute approximate surface area is 103 Å². The van der Waals surface area contributed by atoms with Gasteiger partial charge in [-0.15, -0.1) is 0 Å². The van der Waals surface area contributed by atoms with Gasteiger partial charge in [0, 0.05) is 19.0 Å². The summed E-state index contributed by atoms with van der Waals surface area (Å²) in [5.41, 5.74) is 0.129. The van der Waals surface area contributed by atoms with Gasteiger partial charge in [0.2, 0.25) is 5.91 Å². The summed E-state index contributed by atoms with van der Waals surface area (Å²) in [5.74, 6) is 0.411. The molecule has 2 aliphatic rings. The number of carbonyl (C=O) groups is 1. The van der Waals surface area contributed by atoms with Gasteiger partial charge in [0.15, 0.2) is 0 Å². The van der Waals surface area contributed by atoms with E-state index in [1.165, 1.54) is 0 Å². The van der Waals surface area contributed by atoms with E-state index in [-0.39, 0.29) is 30.0 Å². The first-order chi connectivity index (χ1) is 8.04. The second-order valence-electron chi connectivity index (χ2n) is 5.89. The summed E-state index contributed by atoms with van der Waals surface area (Å²) in [5, 5.41) is 9.10. The van der Waals surface area contributed by atoms with E-state index >= 15 is 0 Å². The third kappa shape index (κ3) is 2.63. The summed E-state index contributed by atoms with van der Waals surface area (Å²) in [6.45, 7) is 6.13. The number of morpholine rings is 1. The fourth-order valence-corrected chi connectivity index (χ4v) is 3.03. The summed E-state index contributed by atoms with van der Waals surface area (Å²) < 4.78 is 5.38. The minimum absolute atomic E-state index is 0.00214. The molecule has 17 heavy (non-hydrogen) atoms. The first kappa shape index (κ1) is 12.8. The van der Waals surface area contributed by atoms with Gasteiger partial charge in [-0.05, 0) is 18.3 Å². The molecule has 0 aromatic heterocycles. The molecule has 4 nitrogen and oxygen atoms in total. The van der Waals surface area contributed by atoms with Crippen LogP contribution in [-0.2, 0) is 9.53 Å². The van der Waals surface area contributed by atoms with Crippen molar-refractivity contribution in [2.75, 3.05) is 26.3 Å². The van der Waals surface area contributed by atoms with Crippen LogP contribution in [0.4, 0.5) is 0 Å². The van der Waals surface area contributed by atoms with Crippen molar-refractivity contribution in [1.82, 2.24) is 4.90 Å². The number of nitrogens with zero attached hydrogens (tertiary/aromatic N) is 1. The first-order valence-corrected chi connectivity index (χ1v) is 6.56. The van der Waals surface area contributed by atoms with Crippen LogP contribution in [0, 0.1) is 11.3 Å². The molecule has 4 heteroatoms. The zero-order valence-electron chi connectivity index (χ0n) is 10.8. The smallest absolute Gasteiger partial charge is 0.226 e. The number of amides is 1. The van der Waals surface area contributed by atoms with E-state index in [2.05, 4.69) is 13.8 Å². The van der Waals surface area contributed by atoms with E-state index < -0.39 is 0 Å². The van der Waals surface area contributed by atoms with Crippen molar-refractivity contribution in [1.29, 1.82) is 0 Å². The second-order valence-corrected chi connectivity index (χ2v) is 5.89. The van der Waals surface area contributed by atoms with Crippen LogP contribution in [0.25, 0.3) is 0 Å². The van der Waals surface area contributed by atoms with Crippen LogP contribution in [0.1, 0.15) is 33.1 Å². The van der Waals surface area contributed by atoms with Gasteiger partial charge in [-0.25, -0.2) is 0 Å². The molecule has 1 saturated carbocycles. The summed E-state index contributed by atoms with van der Waals surface area (Å²) >= 11 is 0. The number of hydrogen-bond acceptors (Lipinski definition) is 3. The number of rotatable bonds is 2. The molecule has 1 saturated heterocycles. The van der Waals surface area contributed by atoms with Gasteiger partial charge in [-0.3, -0.25) is 4.79 Å². The molecule has 1 aliphatic heterocycles. The van der Waals surface area contributed by atoms with Crippen LogP contribution >= 0.6 is 0 Å². The van der Waals surface area contributed by atoms with Crippen LogP contribution in [0.15, 0.2) is 0 Å². The van der Waals surface area contributed by atoms with Crippen molar-refractivity contribution >= 4 is 5.91 Å². The predicted molar refractivity (Wildman–Crippen MR) is 64.5 cm³/mol. The highest BCUT2D eigenvalue weighted by Crippen LogP contribution is 2.43. The summed E-state index contributed by atoms with van der Waals surface area (Å²) in [6.07, 6.45) is 3.10. The summed E-state index contributed by atoms with van der Waals surface area (Å²) in [4.78, 5) is 14.3. The Morgan fingerprint density at radius 3 is 2.88 bits per heavy atom. The van der Waals surface area contributed by atoms with Crippen LogP contribution in [0.5, 0.6) is 0 Å². The first-order valence-electron chi connectivity index (χ1n) is 6.56. The topological polar surface area (TPSA) is 49.8 Å². The van der Waals surface area contributed by atoms with E-state index in [1.54, 1.807) is 0 Å². The third-order valence-electron chi connectivity index (χ3n) is 4.21. The number of hydrogen-bond donors (Lipinski definition) is 1. The van der Waals surface area contributed by atoms with E-state index in [0.29, 0.717) is 19.7 Å². The largest absolute Gasteiger partial charge is 0.394 e. The summed E-state index contributed by atoms with van der Waals surface area (Å²) in [7, 11) is 0. The maximum Gasteiger partial charge on any atom is 0.226 e. The average Bonchev–Trinajstić information content (AvgIpc) is 2.68. The minimum Gasteiger partial charge on any atom is -0.394 e. The Bertz CT molecular complexity index is 290. The van der Waals surface area contributed by atoms with Gasteiger partial charge in [-0.1, -0.05) is 20.3 Å². The maximum atomic E-state index is 12.5. The molecule has 1 amide bonds. The quantitative estimate of drug-likeness (QED) is 0.785. The van der Waals surface area contributed by atoms with E-state index in [0.717, 1.165) is 19.3 Å². The molecule has 0 aromatic carbocycles. The monoisotopic (exact) mass is 241 g/mol. The fraction of sp³-hybridized carbons (Fsp3) is 0.923. The van der Waals surface area contributed by atoms with Crippen molar-refractivity contribution in [2.45, 2.75) is 39.2 Å². The van der Waals surface area contributed by atoms with Gasteiger partial charge in [0.1, 0.15) is 0 Å². The molecule has 2 fully saturated rings. The zero-order valence-corrected chi connectivity index (χ0v) is 10.8. The molecule has 0 aromatic rings. The molecule has 98 valence electrons. The van der Waals surface area contributed by atoms with Crippen molar-refractivity contribution in [2.24, 2.45) is 11.3 Å². The SMILES string of the molecule is CC1(C)CCCC1C(=O)N1CCOC(CO)C1. The molecule has 1 N–H and O–H groups in total. The highest BCUT2D eigenvalue weighted by Gasteiger charge is 2.41. The Morgan fingerprint density at radius 1 is 1.53 bits per heavy atom. The Hall–Kier alpha value is -0.610. The van der Waals surface area contributed by atoms with E-state index in [1.807, 2.05) is 4.90 Å². The van der Waals surface area contributed by atoms with Crippen molar-refractivity contribution in [3.05, 3.63) is 0 Å². The lowest BCUT2D eigenvalue weighted by Crippen LogP contribution is -2.50. The standard InChI is InChI=1S/C13H23NO3/c1-13(2)5-3-4-11(13)12(16)14-6-7-17-10(8-14)9-15/h10-11,15H,3-9H2,1-2H3. The normalized spacial score (nSPS) is 32.8. The lowest BCUT2D eigenvalue weighted by Gasteiger charge is -2.36. The molecule has 0 bridgehead atoms. The maximum absolute atomic E-state index is 12.5. The fourth-order valence-electron chi connectivity index (χ4n) is 3.03. The molecular formula is C13H23NO3. The highest BCUT2D eigenvalue weighted by molar-refractivity contribution is 5.80. The molecule has 1 aliphatic carbocycles. The van der Waals surface area contributed by atoms with Crippen LogP contribution in [-0.4, -0.2) is 48.3 Å². The highest BCUT2D eigenvalue weighted by atomic mass is 16.5. The van der Waals surface area contributed by atoms with Gasteiger partial charge < -0.3 is 14.7 Å². The van der Waals surface area contributed by atoms with Crippen LogP contribution < -0.4 is 0 Å². The third-order valence-corrected chi connectivity index (χ3v) is 4.21. The van der Waals surface area contributed by atoms with Gasteiger partial charge in [-0.2, -0.15) is 0 Å². The molecule has 2 rings (SSSR count). The zero-order chi connectivity index (χ0) is 12.5. The number of aliphatic hydroxyl groups excluding tert-OH is 1. The summed E-state index contributed by atoms with van der Waals surface area (Å²) in [6, 6.07) is 0. The van der Waals surface area contributed by atoms with Gasteiger partial charge in [0.25, 0.3) is 0 Å². The molecule has 1 heterocycles. The van der Waals surface area contributed by atoms with Crippen molar-refractivity contribution < 1.29 is 14.6 Å². The van der Waals surface area contributed by atoms with E-state index in [9.17, 15) is 4.79 Å². The van der Waals surface area contributed by atoms with Crippen LogP contribution in [0.2, 0.25) is 0 Å². The van der Waals surface area contributed by atoms with Crippen molar-refractivity contribution in [3.63, 3.8) is 0 Å². The number of ether oxygens (including phenoxy) is 1. The van der Waals surface area contributed by atoms with E-state index in [4.69, 9.17) is 9.84 Å². The molecule has 0 radical (unpaired) electrons. The van der Waals surface area contributed by atoms with Gasteiger partial charge in [0.05, 0.1) is 19.3 Å². The molecule has 2 unspecified atom stereocenters. The minimum atomic E-state index is -0.197. The predicted octanol–water partition coefficient (Wildman–Crippen LogP) is 1.03.